The number of hydrogen-bond donors (Lipinski definition) is 1. The predicted molar refractivity (Wildman–Crippen MR) is 88.8 cm³/mol. The van der Waals surface area contributed by atoms with E-state index in [1.165, 1.54) is 0 Å². The Morgan fingerprint density at radius 2 is 1.48 bits per heavy atom. The van der Waals surface area contributed by atoms with Gasteiger partial charge in [0, 0.05) is 5.56 Å². The lowest BCUT2D eigenvalue weighted by molar-refractivity contribution is 0.103. The van der Waals surface area contributed by atoms with Crippen LogP contribution in [-0.4, -0.2) is 10.9 Å². The summed E-state index contributed by atoms with van der Waals surface area (Å²) in [6.07, 6.45) is 0. The first-order valence-corrected chi connectivity index (χ1v) is 7.34. The van der Waals surface area contributed by atoms with Gasteiger partial charge in [-0.15, -0.1) is 0 Å². The number of hydrogen-bond acceptors (Lipinski definition) is 3. The Hall–Kier alpha value is -3.07. The topological polar surface area (TPSA) is 46.5 Å². The number of para-hydroxylation sites is 1. The van der Waals surface area contributed by atoms with Crippen LogP contribution in [0.15, 0.2) is 78.9 Å². The van der Waals surface area contributed by atoms with Crippen LogP contribution in [0.3, 0.4) is 0 Å². The van der Waals surface area contributed by atoms with Crippen molar-refractivity contribution in [3.63, 3.8) is 0 Å². The number of ether oxygens (including phenoxy) is 1. The molecule has 0 fully saturated rings. The molecule has 0 aliphatic heterocycles. The lowest BCUT2D eigenvalue weighted by Crippen LogP contribution is -2.03. The molecule has 3 nitrogen and oxygen atoms in total. The minimum absolute atomic E-state index is 0.128. The van der Waals surface area contributed by atoms with Gasteiger partial charge in [-0.25, -0.2) is 0 Å². The van der Waals surface area contributed by atoms with Crippen LogP contribution in [0, 0.1) is 0 Å². The van der Waals surface area contributed by atoms with E-state index in [9.17, 15) is 9.90 Å². The number of phenolic OH excluding ortho intramolecular Hbond substituents is 1. The van der Waals surface area contributed by atoms with E-state index in [1.54, 1.807) is 42.5 Å². The molecule has 0 amide bonds. The number of carbonyl (C=O) groups is 1. The lowest BCUT2D eigenvalue weighted by atomic mass is 10.0. The van der Waals surface area contributed by atoms with Gasteiger partial charge in [-0.2, -0.15) is 0 Å². The molecule has 0 saturated carbocycles. The molecular weight excluding hydrogens is 288 g/mol. The monoisotopic (exact) mass is 304 g/mol. The second kappa shape index (κ2) is 6.79. The third-order valence-electron chi connectivity index (χ3n) is 3.52. The predicted octanol–water partition coefficient (Wildman–Crippen LogP) is 4.20. The Morgan fingerprint density at radius 3 is 2.17 bits per heavy atom. The fraction of sp³-hybridized carbons (Fsp3) is 0.0500. The van der Waals surface area contributed by atoms with Gasteiger partial charge in [-0.05, 0) is 17.7 Å². The molecule has 0 aromatic heterocycles. The summed E-state index contributed by atoms with van der Waals surface area (Å²) in [5, 5.41) is 10.4. The van der Waals surface area contributed by atoms with Gasteiger partial charge in [0.15, 0.2) is 17.3 Å². The number of benzene rings is 3. The summed E-state index contributed by atoms with van der Waals surface area (Å²) in [5.74, 6) is -0.0545. The zero-order chi connectivity index (χ0) is 16.1. The van der Waals surface area contributed by atoms with E-state index in [0.29, 0.717) is 17.9 Å². The highest BCUT2D eigenvalue weighted by molar-refractivity contribution is 6.11. The Labute approximate surface area is 134 Å². The molecule has 23 heavy (non-hydrogen) atoms. The minimum Gasteiger partial charge on any atom is -0.504 e. The van der Waals surface area contributed by atoms with Crippen molar-refractivity contribution in [1.29, 1.82) is 0 Å². The fourth-order valence-corrected chi connectivity index (χ4v) is 2.30. The number of rotatable bonds is 5. The molecule has 114 valence electrons. The lowest BCUT2D eigenvalue weighted by Gasteiger charge is -2.11. The largest absolute Gasteiger partial charge is 0.504 e. The Bertz CT molecular complexity index is 796. The summed E-state index contributed by atoms with van der Waals surface area (Å²) < 4.78 is 5.65. The van der Waals surface area contributed by atoms with E-state index in [-0.39, 0.29) is 17.1 Å². The first-order valence-electron chi connectivity index (χ1n) is 7.34. The normalized spacial score (nSPS) is 10.3. The number of carbonyl (C=O) groups excluding carboxylic acids is 1. The van der Waals surface area contributed by atoms with Crippen molar-refractivity contribution in [2.24, 2.45) is 0 Å². The van der Waals surface area contributed by atoms with Crippen molar-refractivity contribution in [2.45, 2.75) is 6.61 Å². The summed E-state index contributed by atoms with van der Waals surface area (Å²) in [7, 11) is 0. The van der Waals surface area contributed by atoms with Gasteiger partial charge in [0.2, 0.25) is 0 Å². The second-order valence-electron chi connectivity index (χ2n) is 5.12. The average molecular weight is 304 g/mol. The van der Waals surface area contributed by atoms with Crippen LogP contribution in [0.5, 0.6) is 11.5 Å². The first kappa shape index (κ1) is 14.9. The Kier molecular flexibility index (Phi) is 4.39. The van der Waals surface area contributed by atoms with Crippen LogP contribution in [0.4, 0.5) is 0 Å². The highest BCUT2D eigenvalue weighted by atomic mass is 16.5. The van der Waals surface area contributed by atoms with Crippen molar-refractivity contribution in [2.75, 3.05) is 0 Å². The van der Waals surface area contributed by atoms with Crippen molar-refractivity contribution >= 4 is 5.78 Å². The standard InChI is InChI=1S/C20H16O3/c21-19(16-10-5-2-6-11-16)17-12-7-13-18(20(17)22)23-14-15-8-3-1-4-9-15/h1-13,22H,14H2. The SMILES string of the molecule is O=C(c1ccccc1)c1cccc(OCc2ccccc2)c1O. The molecule has 0 heterocycles. The van der Waals surface area contributed by atoms with Crippen LogP contribution >= 0.6 is 0 Å². The van der Waals surface area contributed by atoms with E-state index in [0.717, 1.165) is 5.56 Å². The van der Waals surface area contributed by atoms with E-state index in [1.807, 2.05) is 36.4 Å². The van der Waals surface area contributed by atoms with Crippen molar-refractivity contribution in [1.82, 2.24) is 0 Å². The summed E-state index contributed by atoms with van der Waals surface area (Å²) in [6, 6.07) is 23.5. The van der Waals surface area contributed by atoms with Gasteiger partial charge in [0.05, 0.1) is 5.56 Å². The van der Waals surface area contributed by atoms with Crippen molar-refractivity contribution in [3.8, 4) is 11.5 Å². The van der Waals surface area contributed by atoms with E-state index in [2.05, 4.69) is 0 Å². The molecule has 0 aliphatic rings. The third-order valence-corrected chi connectivity index (χ3v) is 3.52. The molecule has 3 aromatic carbocycles. The minimum atomic E-state index is -0.228. The zero-order valence-electron chi connectivity index (χ0n) is 12.5. The average Bonchev–Trinajstić information content (AvgIpc) is 2.62. The molecule has 0 unspecified atom stereocenters. The van der Waals surface area contributed by atoms with Crippen LogP contribution in [-0.2, 0) is 6.61 Å². The number of aromatic hydroxyl groups is 1. The number of phenols is 1. The molecule has 0 bridgehead atoms. The summed E-state index contributed by atoms with van der Waals surface area (Å²) in [6.45, 7) is 0.331. The Morgan fingerprint density at radius 1 is 0.826 bits per heavy atom. The quantitative estimate of drug-likeness (QED) is 0.718. The first-order chi connectivity index (χ1) is 11.3. The summed E-state index contributed by atoms with van der Waals surface area (Å²) in [5.41, 5.74) is 1.76. The van der Waals surface area contributed by atoms with Gasteiger partial charge >= 0.3 is 0 Å². The maximum atomic E-state index is 12.5. The van der Waals surface area contributed by atoms with Gasteiger partial charge in [0.1, 0.15) is 6.61 Å². The third kappa shape index (κ3) is 3.40. The van der Waals surface area contributed by atoms with Crippen LogP contribution < -0.4 is 4.74 Å². The second-order valence-corrected chi connectivity index (χ2v) is 5.12. The molecule has 3 aromatic rings. The highest BCUT2D eigenvalue weighted by Crippen LogP contribution is 2.31. The van der Waals surface area contributed by atoms with Crippen LogP contribution in [0.25, 0.3) is 0 Å². The number of ketones is 1. The maximum Gasteiger partial charge on any atom is 0.196 e. The van der Waals surface area contributed by atoms with E-state index < -0.39 is 0 Å². The molecular formula is C20H16O3. The molecule has 0 radical (unpaired) electrons. The van der Waals surface area contributed by atoms with Crippen molar-refractivity contribution < 1.29 is 14.6 Å². The van der Waals surface area contributed by atoms with Crippen molar-refractivity contribution in [3.05, 3.63) is 95.6 Å². The van der Waals surface area contributed by atoms with E-state index >= 15 is 0 Å². The van der Waals surface area contributed by atoms with Gasteiger partial charge < -0.3 is 9.84 Å². The van der Waals surface area contributed by atoms with Crippen LogP contribution in [0.2, 0.25) is 0 Å². The molecule has 0 spiro atoms. The molecule has 0 saturated heterocycles. The highest BCUT2D eigenvalue weighted by Gasteiger charge is 2.16. The van der Waals surface area contributed by atoms with Gasteiger partial charge in [-0.3, -0.25) is 4.79 Å². The fourth-order valence-electron chi connectivity index (χ4n) is 2.30. The Balaban J connectivity index is 1.82. The molecule has 0 aliphatic carbocycles. The van der Waals surface area contributed by atoms with Gasteiger partial charge in [0.25, 0.3) is 0 Å². The molecule has 1 N–H and O–H groups in total. The van der Waals surface area contributed by atoms with Gasteiger partial charge in [-0.1, -0.05) is 66.7 Å². The van der Waals surface area contributed by atoms with Crippen LogP contribution in [0.1, 0.15) is 21.5 Å². The smallest absolute Gasteiger partial charge is 0.196 e. The van der Waals surface area contributed by atoms with E-state index in [4.69, 9.17) is 4.74 Å². The zero-order valence-corrected chi connectivity index (χ0v) is 12.5. The molecule has 3 heteroatoms. The summed E-state index contributed by atoms with van der Waals surface area (Å²) >= 11 is 0. The molecule has 3 rings (SSSR count). The molecule has 0 atom stereocenters. The maximum absolute atomic E-state index is 12.5. The summed E-state index contributed by atoms with van der Waals surface area (Å²) in [4.78, 5) is 12.5.